The fourth-order valence-corrected chi connectivity index (χ4v) is 2.55. The summed E-state index contributed by atoms with van der Waals surface area (Å²) in [6.45, 7) is 3.83. The first-order valence-corrected chi connectivity index (χ1v) is 8.33. The molecule has 2 aromatic rings. The van der Waals surface area contributed by atoms with Crippen LogP contribution in [0.25, 0.3) is 0 Å². The van der Waals surface area contributed by atoms with Crippen molar-refractivity contribution in [1.29, 1.82) is 0 Å². The first-order chi connectivity index (χ1) is 12.1. The van der Waals surface area contributed by atoms with Gasteiger partial charge in [0.25, 0.3) is 5.91 Å². The fraction of sp³-hybridized carbons (Fsp3) is 0.350. The van der Waals surface area contributed by atoms with Gasteiger partial charge in [-0.25, -0.2) is 0 Å². The molecule has 25 heavy (non-hydrogen) atoms. The van der Waals surface area contributed by atoms with Crippen LogP contribution >= 0.6 is 0 Å². The molecule has 0 radical (unpaired) electrons. The van der Waals surface area contributed by atoms with E-state index in [1.54, 1.807) is 14.2 Å². The number of carbonyl (C=O) groups is 1. The zero-order valence-electron chi connectivity index (χ0n) is 15.1. The Hall–Kier alpha value is -2.69. The van der Waals surface area contributed by atoms with E-state index >= 15 is 0 Å². The maximum atomic E-state index is 12.6. The summed E-state index contributed by atoms with van der Waals surface area (Å²) in [5.41, 5.74) is 0.852. The lowest BCUT2D eigenvalue weighted by Crippen LogP contribution is -2.39. The van der Waals surface area contributed by atoms with E-state index in [0.29, 0.717) is 23.7 Å². The quantitative estimate of drug-likeness (QED) is 0.793. The summed E-state index contributed by atoms with van der Waals surface area (Å²) in [5.74, 6) is 1.93. The fourth-order valence-electron chi connectivity index (χ4n) is 2.55. The lowest BCUT2D eigenvalue weighted by atomic mass is 10.1. The van der Waals surface area contributed by atoms with Crippen LogP contribution in [0.5, 0.6) is 17.2 Å². The van der Waals surface area contributed by atoms with Crippen LogP contribution in [0, 0.1) is 0 Å². The molecule has 0 aliphatic heterocycles. The zero-order chi connectivity index (χ0) is 18.2. The van der Waals surface area contributed by atoms with Crippen molar-refractivity contribution in [3.63, 3.8) is 0 Å². The summed E-state index contributed by atoms with van der Waals surface area (Å²) in [6.07, 6.45) is 0.0179. The highest BCUT2D eigenvalue weighted by atomic mass is 16.5. The Labute approximate surface area is 148 Å². The predicted molar refractivity (Wildman–Crippen MR) is 97.3 cm³/mol. The molecule has 0 heterocycles. The molecule has 0 aliphatic rings. The monoisotopic (exact) mass is 343 g/mol. The van der Waals surface area contributed by atoms with Crippen LogP contribution in [0.15, 0.2) is 48.5 Å². The number of methoxy groups -OCH3 is 2. The second-order valence-electron chi connectivity index (χ2n) is 5.67. The summed E-state index contributed by atoms with van der Waals surface area (Å²) in [6, 6.07) is 14.6. The van der Waals surface area contributed by atoms with Gasteiger partial charge in [-0.15, -0.1) is 0 Å². The summed E-state index contributed by atoms with van der Waals surface area (Å²) >= 11 is 0. The van der Waals surface area contributed by atoms with Gasteiger partial charge in [0.1, 0.15) is 17.2 Å². The first kappa shape index (κ1) is 18.6. The van der Waals surface area contributed by atoms with E-state index in [1.165, 1.54) is 0 Å². The molecule has 0 saturated carbocycles. The van der Waals surface area contributed by atoms with Crippen molar-refractivity contribution >= 4 is 5.91 Å². The molecule has 0 fully saturated rings. The molecule has 0 saturated heterocycles. The normalized spacial score (nSPS) is 12.8. The number of carbonyl (C=O) groups excluding carboxylic acids is 1. The SMILES string of the molecule is CCC(Oc1ccccc1)C(=O)NC(C)c1cc(OC)ccc1OC. The molecule has 134 valence electrons. The van der Waals surface area contributed by atoms with Crippen molar-refractivity contribution in [3.05, 3.63) is 54.1 Å². The van der Waals surface area contributed by atoms with Gasteiger partial charge in [0.15, 0.2) is 6.10 Å². The maximum Gasteiger partial charge on any atom is 0.261 e. The number of amides is 1. The van der Waals surface area contributed by atoms with Gasteiger partial charge in [0, 0.05) is 5.56 Å². The van der Waals surface area contributed by atoms with Crippen LogP contribution < -0.4 is 19.5 Å². The molecule has 0 bridgehead atoms. The van der Waals surface area contributed by atoms with Crippen molar-refractivity contribution < 1.29 is 19.0 Å². The first-order valence-electron chi connectivity index (χ1n) is 8.33. The van der Waals surface area contributed by atoms with Crippen LogP contribution in [0.1, 0.15) is 31.9 Å². The molecule has 0 spiro atoms. The van der Waals surface area contributed by atoms with Crippen molar-refractivity contribution in [2.24, 2.45) is 0 Å². The molecule has 0 aromatic heterocycles. The van der Waals surface area contributed by atoms with Gasteiger partial charge in [-0.1, -0.05) is 25.1 Å². The smallest absolute Gasteiger partial charge is 0.261 e. The highest BCUT2D eigenvalue weighted by molar-refractivity contribution is 5.81. The predicted octanol–water partition coefficient (Wildman–Crippen LogP) is 3.74. The Morgan fingerprint density at radius 3 is 2.36 bits per heavy atom. The van der Waals surface area contributed by atoms with Crippen molar-refractivity contribution in [3.8, 4) is 17.2 Å². The standard InChI is InChI=1S/C20H25NO4/c1-5-18(25-15-9-7-6-8-10-15)20(22)21-14(2)17-13-16(23-3)11-12-19(17)24-4/h6-14,18H,5H2,1-4H3,(H,21,22). The molecule has 1 amide bonds. The third-order valence-corrected chi connectivity index (χ3v) is 3.95. The number of hydrogen-bond donors (Lipinski definition) is 1. The van der Waals surface area contributed by atoms with Crippen LogP contribution in [0.2, 0.25) is 0 Å². The molecule has 1 N–H and O–H groups in total. The number of hydrogen-bond acceptors (Lipinski definition) is 4. The second kappa shape index (κ2) is 8.97. The van der Waals surface area contributed by atoms with Crippen molar-refractivity contribution in [2.45, 2.75) is 32.4 Å². The highest BCUT2D eigenvalue weighted by Gasteiger charge is 2.22. The lowest BCUT2D eigenvalue weighted by Gasteiger charge is -2.22. The average molecular weight is 343 g/mol. The minimum atomic E-state index is -0.554. The van der Waals surface area contributed by atoms with Crippen LogP contribution in [-0.4, -0.2) is 26.2 Å². The minimum absolute atomic E-state index is 0.163. The molecule has 2 atom stereocenters. The minimum Gasteiger partial charge on any atom is -0.497 e. The van der Waals surface area contributed by atoms with E-state index in [-0.39, 0.29) is 11.9 Å². The van der Waals surface area contributed by atoms with Gasteiger partial charge in [-0.3, -0.25) is 4.79 Å². The van der Waals surface area contributed by atoms with Crippen LogP contribution in [0.4, 0.5) is 0 Å². The topological polar surface area (TPSA) is 56.8 Å². The Morgan fingerprint density at radius 2 is 1.76 bits per heavy atom. The summed E-state index contributed by atoms with van der Waals surface area (Å²) in [7, 11) is 3.21. The lowest BCUT2D eigenvalue weighted by molar-refractivity contribution is -0.128. The Bertz CT molecular complexity index is 687. The van der Waals surface area contributed by atoms with E-state index in [0.717, 1.165) is 5.56 Å². The average Bonchev–Trinajstić information content (AvgIpc) is 2.66. The number of rotatable bonds is 8. The summed E-state index contributed by atoms with van der Waals surface area (Å²) in [5, 5.41) is 2.99. The number of para-hydroxylation sites is 1. The molecular weight excluding hydrogens is 318 g/mol. The Morgan fingerprint density at radius 1 is 1.04 bits per heavy atom. The molecule has 2 rings (SSSR count). The van der Waals surface area contributed by atoms with Gasteiger partial charge >= 0.3 is 0 Å². The molecule has 2 unspecified atom stereocenters. The van der Waals surface area contributed by atoms with Crippen molar-refractivity contribution in [1.82, 2.24) is 5.32 Å². The Balaban J connectivity index is 2.10. The Kier molecular flexibility index (Phi) is 6.69. The van der Waals surface area contributed by atoms with Gasteiger partial charge in [0.2, 0.25) is 0 Å². The molecule has 5 heteroatoms. The van der Waals surface area contributed by atoms with E-state index < -0.39 is 6.10 Å². The van der Waals surface area contributed by atoms with Crippen molar-refractivity contribution in [2.75, 3.05) is 14.2 Å². The van der Waals surface area contributed by atoms with E-state index in [9.17, 15) is 4.79 Å². The molecule has 0 aliphatic carbocycles. The number of ether oxygens (including phenoxy) is 3. The molecule has 2 aromatic carbocycles. The third kappa shape index (κ3) is 4.89. The molecule has 5 nitrogen and oxygen atoms in total. The second-order valence-corrected chi connectivity index (χ2v) is 5.67. The largest absolute Gasteiger partial charge is 0.497 e. The maximum absolute atomic E-state index is 12.6. The third-order valence-electron chi connectivity index (χ3n) is 3.95. The number of benzene rings is 2. The van der Waals surface area contributed by atoms with Gasteiger partial charge < -0.3 is 19.5 Å². The summed E-state index contributed by atoms with van der Waals surface area (Å²) in [4.78, 5) is 12.6. The highest BCUT2D eigenvalue weighted by Crippen LogP contribution is 2.29. The molecular formula is C20H25NO4. The van der Waals surface area contributed by atoms with Gasteiger partial charge in [0.05, 0.1) is 20.3 Å². The van der Waals surface area contributed by atoms with E-state index in [1.807, 2.05) is 62.4 Å². The van der Waals surface area contributed by atoms with Crippen LogP contribution in [-0.2, 0) is 4.79 Å². The van der Waals surface area contributed by atoms with Gasteiger partial charge in [-0.05, 0) is 43.7 Å². The van der Waals surface area contributed by atoms with E-state index in [4.69, 9.17) is 14.2 Å². The van der Waals surface area contributed by atoms with Crippen LogP contribution in [0.3, 0.4) is 0 Å². The zero-order valence-corrected chi connectivity index (χ0v) is 15.1. The van der Waals surface area contributed by atoms with Gasteiger partial charge in [-0.2, -0.15) is 0 Å². The number of nitrogens with one attached hydrogen (secondary N) is 1. The van der Waals surface area contributed by atoms with E-state index in [2.05, 4.69) is 5.32 Å². The summed E-state index contributed by atoms with van der Waals surface area (Å²) < 4.78 is 16.5.